The number of carbonyl (C=O) groups excluding carboxylic acids is 1. The summed E-state index contributed by atoms with van der Waals surface area (Å²) in [5.41, 5.74) is 0. The molecule has 1 rings (SSSR count). The van der Waals surface area contributed by atoms with Crippen LogP contribution in [0, 0.1) is 0 Å². The summed E-state index contributed by atoms with van der Waals surface area (Å²) in [7, 11) is 0. The van der Waals surface area contributed by atoms with Gasteiger partial charge in [-0.1, -0.05) is 0 Å². The highest BCUT2D eigenvalue weighted by molar-refractivity contribution is 5.65. The van der Waals surface area contributed by atoms with Gasteiger partial charge >= 0.3 is 0 Å². The molecule has 0 amide bonds. The van der Waals surface area contributed by atoms with Crippen LogP contribution < -0.4 is 10.0 Å². The van der Waals surface area contributed by atoms with Gasteiger partial charge in [0.2, 0.25) is 0 Å². The van der Waals surface area contributed by atoms with E-state index in [0.29, 0.717) is 6.04 Å². The van der Waals surface area contributed by atoms with E-state index in [1.165, 1.54) is 11.3 Å². The fourth-order valence-corrected chi connectivity index (χ4v) is 1.70. The van der Waals surface area contributed by atoms with Gasteiger partial charge in [0, 0.05) is 0 Å². The predicted molar refractivity (Wildman–Crippen MR) is 39.0 cm³/mol. The summed E-state index contributed by atoms with van der Waals surface area (Å²) in [5.74, 6) is -0.922. The molecule has 1 N–H and O–H groups in total. The fourth-order valence-electron chi connectivity index (χ4n) is 1.70. The zero-order chi connectivity index (χ0) is 8.27. The third-order valence-electron chi connectivity index (χ3n) is 2.45. The van der Waals surface area contributed by atoms with E-state index in [9.17, 15) is 9.90 Å². The molecule has 3 nitrogen and oxygen atoms in total. The Morgan fingerprint density at radius 3 is 2.91 bits per heavy atom. The van der Waals surface area contributed by atoms with E-state index >= 15 is 0 Å². The highest BCUT2D eigenvalue weighted by Gasteiger charge is 2.21. The average molecular weight is 157 g/mol. The van der Waals surface area contributed by atoms with Crippen LogP contribution in [0.25, 0.3) is 0 Å². The molecule has 0 saturated carbocycles. The van der Waals surface area contributed by atoms with Gasteiger partial charge in [-0.05, 0) is 26.2 Å². The van der Waals surface area contributed by atoms with Crippen LogP contribution in [0.15, 0.2) is 0 Å². The van der Waals surface area contributed by atoms with Crippen molar-refractivity contribution in [2.75, 3.05) is 13.1 Å². The standard InChI is InChI=1S/C8H15NO2/c1-7-4-2-3-5-9(7)6-8(10)11/h7H,2-6H2,1H3,(H,10,11)/t7-/m1/s1. The van der Waals surface area contributed by atoms with Crippen LogP contribution in [0.3, 0.4) is 0 Å². The second-order valence-electron chi connectivity index (χ2n) is 3.35. The van der Waals surface area contributed by atoms with Gasteiger partial charge in [0.05, 0.1) is 18.6 Å². The summed E-state index contributed by atoms with van der Waals surface area (Å²) in [6.45, 7) is 3.29. The lowest BCUT2D eigenvalue weighted by atomic mass is 10.0. The molecule has 1 unspecified atom stereocenters. The molecule has 3 heteroatoms. The van der Waals surface area contributed by atoms with Crippen molar-refractivity contribution in [1.82, 2.24) is 0 Å². The highest BCUT2D eigenvalue weighted by Crippen LogP contribution is 2.00. The molecule has 0 aromatic rings. The van der Waals surface area contributed by atoms with E-state index in [-0.39, 0.29) is 6.54 Å². The molecule has 0 spiro atoms. The van der Waals surface area contributed by atoms with Gasteiger partial charge in [-0.15, -0.1) is 0 Å². The predicted octanol–water partition coefficient (Wildman–Crippen LogP) is -1.81. The van der Waals surface area contributed by atoms with Gasteiger partial charge in [-0.25, -0.2) is 0 Å². The monoisotopic (exact) mass is 157 g/mol. The summed E-state index contributed by atoms with van der Waals surface area (Å²) >= 11 is 0. The summed E-state index contributed by atoms with van der Waals surface area (Å²) in [6.07, 6.45) is 3.56. The van der Waals surface area contributed by atoms with Gasteiger partial charge in [-0.2, -0.15) is 0 Å². The molecular formula is C8H15NO2. The first-order valence-electron chi connectivity index (χ1n) is 4.24. The molecule has 1 aliphatic heterocycles. The molecule has 1 aliphatic rings. The molecule has 0 aromatic carbocycles. The van der Waals surface area contributed by atoms with Crippen molar-refractivity contribution in [2.45, 2.75) is 32.2 Å². The van der Waals surface area contributed by atoms with Crippen molar-refractivity contribution >= 4 is 5.97 Å². The van der Waals surface area contributed by atoms with Crippen LogP contribution in [0.1, 0.15) is 26.2 Å². The largest absolute Gasteiger partial charge is 0.544 e. The third-order valence-corrected chi connectivity index (χ3v) is 2.45. The molecule has 2 atom stereocenters. The molecule has 1 heterocycles. The Morgan fingerprint density at radius 1 is 1.64 bits per heavy atom. The first kappa shape index (κ1) is 8.53. The quantitative estimate of drug-likeness (QED) is 0.513. The number of carbonyl (C=O) groups is 1. The minimum atomic E-state index is -0.922. The smallest absolute Gasteiger partial charge is 0.118 e. The van der Waals surface area contributed by atoms with E-state index < -0.39 is 5.97 Å². The maximum Gasteiger partial charge on any atom is 0.118 e. The number of nitrogens with one attached hydrogen (secondary N) is 1. The van der Waals surface area contributed by atoms with Crippen molar-refractivity contribution in [3.05, 3.63) is 0 Å². The summed E-state index contributed by atoms with van der Waals surface area (Å²) in [6, 6.07) is 0.502. The molecule has 0 radical (unpaired) electrons. The van der Waals surface area contributed by atoms with Crippen molar-refractivity contribution < 1.29 is 14.8 Å². The van der Waals surface area contributed by atoms with Gasteiger partial charge < -0.3 is 14.8 Å². The number of hydrogen-bond donors (Lipinski definition) is 1. The van der Waals surface area contributed by atoms with Gasteiger partial charge in [0.1, 0.15) is 6.54 Å². The zero-order valence-corrected chi connectivity index (χ0v) is 6.93. The Balaban J connectivity index is 2.35. The highest BCUT2D eigenvalue weighted by atomic mass is 16.4. The second-order valence-corrected chi connectivity index (χ2v) is 3.35. The second kappa shape index (κ2) is 3.72. The lowest BCUT2D eigenvalue weighted by Gasteiger charge is -2.30. The van der Waals surface area contributed by atoms with Crippen LogP contribution in [-0.2, 0) is 4.79 Å². The molecule has 1 fully saturated rings. The third kappa shape index (κ3) is 2.50. The fraction of sp³-hybridized carbons (Fsp3) is 0.875. The van der Waals surface area contributed by atoms with E-state index in [4.69, 9.17) is 0 Å². The van der Waals surface area contributed by atoms with Crippen molar-refractivity contribution in [3.63, 3.8) is 0 Å². The lowest BCUT2D eigenvalue weighted by Crippen LogP contribution is -3.17. The Morgan fingerprint density at radius 2 is 2.36 bits per heavy atom. The van der Waals surface area contributed by atoms with E-state index in [0.717, 1.165) is 19.4 Å². The number of piperidine rings is 1. The number of hydrogen-bond acceptors (Lipinski definition) is 2. The van der Waals surface area contributed by atoms with Crippen LogP contribution in [0.4, 0.5) is 0 Å². The van der Waals surface area contributed by atoms with Gasteiger partial charge in [-0.3, -0.25) is 0 Å². The van der Waals surface area contributed by atoms with E-state index in [2.05, 4.69) is 6.92 Å². The van der Waals surface area contributed by atoms with Crippen LogP contribution in [-0.4, -0.2) is 25.1 Å². The molecular weight excluding hydrogens is 142 g/mol. The molecule has 1 saturated heterocycles. The number of aliphatic carboxylic acids is 1. The number of rotatable bonds is 2. The van der Waals surface area contributed by atoms with Gasteiger partial charge in [0.25, 0.3) is 0 Å². The van der Waals surface area contributed by atoms with Crippen LogP contribution in [0.5, 0.6) is 0 Å². The van der Waals surface area contributed by atoms with Crippen molar-refractivity contribution in [3.8, 4) is 0 Å². The van der Waals surface area contributed by atoms with E-state index in [1.807, 2.05) is 0 Å². The minimum absolute atomic E-state index is 0.182. The Labute approximate surface area is 67.0 Å². The zero-order valence-electron chi connectivity index (χ0n) is 6.93. The number of quaternary nitrogens is 1. The maximum absolute atomic E-state index is 10.3. The molecule has 11 heavy (non-hydrogen) atoms. The van der Waals surface area contributed by atoms with Gasteiger partial charge in [0.15, 0.2) is 0 Å². The molecule has 0 aromatic heterocycles. The number of carboxylic acids is 1. The average Bonchev–Trinajstić information content (AvgIpc) is 1.93. The number of carboxylic acid groups (broad SMARTS) is 1. The van der Waals surface area contributed by atoms with Crippen molar-refractivity contribution in [1.29, 1.82) is 0 Å². The lowest BCUT2D eigenvalue weighted by molar-refractivity contribution is -0.923. The molecule has 0 bridgehead atoms. The normalized spacial score (nSPS) is 31.7. The van der Waals surface area contributed by atoms with E-state index in [1.54, 1.807) is 0 Å². The topological polar surface area (TPSA) is 44.6 Å². The number of likely N-dealkylation sites (tertiary alicyclic amines) is 1. The maximum atomic E-state index is 10.3. The summed E-state index contributed by atoms with van der Waals surface area (Å²) in [4.78, 5) is 11.5. The Bertz CT molecular complexity index is 147. The van der Waals surface area contributed by atoms with Crippen LogP contribution >= 0.6 is 0 Å². The summed E-state index contributed by atoms with van der Waals surface area (Å²) < 4.78 is 0. The Hall–Kier alpha value is -0.570. The first-order valence-corrected chi connectivity index (χ1v) is 4.24. The van der Waals surface area contributed by atoms with Crippen molar-refractivity contribution in [2.24, 2.45) is 0 Å². The Kier molecular flexibility index (Phi) is 2.88. The first-order chi connectivity index (χ1) is 5.20. The minimum Gasteiger partial charge on any atom is -0.544 e. The summed E-state index contributed by atoms with van der Waals surface area (Å²) in [5, 5.41) is 10.3. The SMILES string of the molecule is C[C@@H]1CCCC[NH+]1CC(=O)[O-]. The molecule has 0 aliphatic carbocycles. The van der Waals surface area contributed by atoms with Crippen LogP contribution in [0.2, 0.25) is 0 Å². The molecule has 64 valence electrons.